The number of alkyl halides is 2. The Hall–Kier alpha value is -1.38. The number of thioether (sulfide) groups is 1. The fourth-order valence-electron chi connectivity index (χ4n) is 1.47. The molecule has 1 N–H and O–H groups in total. The van der Waals surface area contributed by atoms with Crippen molar-refractivity contribution in [2.75, 3.05) is 4.72 Å². The van der Waals surface area contributed by atoms with E-state index in [1.54, 1.807) is 12.1 Å². The lowest BCUT2D eigenvalue weighted by Crippen LogP contribution is -2.13. The summed E-state index contributed by atoms with van der Waals surface area (Å²) in [6.45, 7) is 0. The van der Waals surface area contributed by atoms with Gasteiger partial charge in [-0.3, -0.25) is 4.72 Å². The Balaban J connectivity index is 2.30. The molecule has 0 bridgehead atoms. The van der Waals surface area contributed by atoms with Crippen LogP contribution in [0.3, 0.4) is 0 Å². The van der Waals surface area contributed by atoms with E-state index in [9.17, 15) is 17.2 Å². The van der Waals surface area contributed by atoms with Crippen molar-refractivity contribution in [3.05, 3.63) is 47.7 Å². The van der Waals surface area contributed by atoms with E-state index in [1.807, 2.05) is 0 Å². The van der Waals surface area contributed by atoms with Crippen LogP contribution in [0, 0.1) is 0 Å². The number of benzene rings is 1. The number of rotatable bonds is 5. The molecule has 0 aliphatic carbocycles. The first-order chi connectivity index (χ1) is 9.88. The Labute approximate surface area is 129 Å². The number of anilines is 1. The molecule has 0 atom stereocenters. The molecular weight excluding hydrogens is 342 g/mol. The van der Waals surface area contributed by atoms with Gasteiger partial charge in [-0.15, -0.1) is 0 Å². The first kappa shape index (κ1) is 16.0. The van der Waals surface area contributed by atoms with Crippen molar-refractivity contribution in [2.24, 2.45) is 0 Å². The number of hydrogen-bond donors (Lipinski definition) is 1. The SMILES string of the molecule is O=S(=O)(Nc1ccccc1SC(F)F)c1ccc(Cl)nc1. The predicted octanol–water partition coefficient (Wildman–Crippen LogP) is 3.85. The summed E-state index contributed by atoms with van der Waals surface area (Å²) in [6.07, 6.45) is 1.09. The van der Waals surface area contributed by atoms with Gasteiger partial charge in [-0.1, -0.05) is 35.5 Å². The molecule has 4 nitrogen and oxygen atoms in total. The van der Waals surface area contributed by atoms with Crippen LogP contribution in [-0.2, 0) is 10.0 Å². The van der Waals surface area contributed by atoms with Crippen LogP contribution in [-0.4, -0.2) is 19.2 Å². The zero-order valence-electron chi connectivity index (χ0n) is 10.3. The highest BCUT2D eigenvalue weighted by molar-refractivity contribution is 7.99. The van der Waals surface area contributed by atoms with Gasteiger partial charge >= 0.3 is 0 Å². The van der Waals surface area contributed by atoms with E-state index in [4.69, 9.17) is 11.6 Å². The molecule has 1 aromatic heterocycles. The van der Waals surface area contributed by atoms with Gasteiger partial charge in [0.15, 0.2) is 0 Å². The van der Waals surface area contributed by atoms with Crippen LogP contribution >= 0.6 is 23.4 Å². The average Bonchev–Trinajstić information content (AvgIpc) is 2.40. The molecule has 0 amide bonds. The number of para-hydroxylation sites is 1. The van der Waals surface area contributed by atoms with Crippen molar-refractivity contribution in [3.8, 4) is 0 Å². The molecule has 2 rings (SSSR count). The van der Waals surface area contributed by atoms with Crippen molar-refractivity contribution < 1.29 is 17.2 Å². The first-order valence-corrected chi connectivity index (χ1v) is 8.31. The molecule has 1 aromatic carbocycles. The fraction of sp³-hybridized carbons (Fsp3) is 0.0833. The van der Waals surface area contributed by atoms with Gasteiger partial charge in [-0.05, 0) is 24.3 Å². The lowest BCUT2D eigenvalue weighted by Gasteiger charge is -2.11. The highest BCUT2D eigenvalue weighted by Crippen LogP contribution is 2.32. The topological polar surface area (TPSA) is 59.1 Å². The summed E-state index contributed by atoms with van der Waals surface area (Å²) in [5.74, 6) is -2.65. The van der Waals surface area contributed by atoms with Crippen LogP contribution in [0.25, 0.3) is 0 Å². The van der Waals surface area contributed by atoms with Crippen LogP contribution < -0.4 is 4.72 Å². The predicted molar refractivity (Wildman–Crippen MR) is 78.4 cm³/mol. The van der Waals surface area contributed by atoms with Crippen molar-refractivity contribution in [1.29, 1.82) is 0 Å². The Morgan fingerprint density at radius 2 is 1.90 bits per heavy atom. The maximum atomic E-state index is 12.5. The van der Waals surface area contributed by atoms with E-state index < -0.39 is 15.8 Å². The Morgan fingerprint density at radius 3 is 2.52 bits per heavy atom. The summed E-state index contributed by atoms with van der Waals surface area (Å²) in [5, 5.41) is 0.155. The molecule has 0 radical (unpaired) electrons. The summed E-state index contributed by atoms with van der Waals surface area (Å²) < 4.78 is 51.5. The molecule has 0 spiro atoms. The molecule has 2 aromatic rings. The summed E-state index contributed by atoms with van der Waals surface area (Å²) in [6, 6.07) is 8.52. The van der Waals surface area contributed by atoms with Gasteiger partial charge in [-0.25, -0.2) is 13.4 Å². The van der Waals surface area contributed by atoms with Gasteiger partial charge in [-0.2, -0.15) is 8.78 Å². The molecule has 112 valence electrons. The normalized spacial score (nSPS) is 11.6. The van der Waals surface area contributed by atoms with Crippen LogP contribution in [0.1, 0.15) is 0 Å². The van der Waals surface area contributed by atoms with Crippen molar-refractivity contribution in [1.82, 2.24) is 4.98 Å². The highest BCUT2D eigenvalue weighted by Gasteiger charge is 2.18. The maximum Gasteiger partial charge on any atom is 0.288 e. The van der Waals surface area contributed by atoms with E-state index in [2.05, 4.69) is 9.71 Å². The van der Waals surface area contributed by atoms with E-state index in [1.165, 1.54) is 24.3 Å². The smallest absolute Gasteiger partial charge is 0.278 e. The van der Waals surface area contributed by atoms with Crippen LogP contribution in [0.15, 0.2) is 52.4 Å². The van der Waals surface area contributed by atoms with Gasteiger partial charge in [0.25, 0.3) is 15.8 Å². The largest absolute Gasteiger partial charge is 0.288 e. The third kappa shape index (κ3) is 4.29. The lowest BCUT2D eigenvalue weighted by molar-refractivity contribution is 0.252. The summed E-state index contributed by atoms with van der Waals surface area (Å²) in [4.78, 5) is 3.71. The number of aromatic nitrogens is 1. The van der Waals surface area contributed by atoms with Crippen LogP contribution in [0.5, 0.6) is 0 Å². The quantitative estimate of drug-likeness (QED) is 0.657. The van der Waals surface area contributed by atoms with E-state index in [0.29, 0.717) is 0 Å². The molecule has 9 heteroatoms. The molecule has 0 aliphatic heterocycles. The van der Waals surface area contributed by atoms with Crippen LogP contribution in [0.4, 0.5) is 14.5 Å². The Morgan fingerprint density at radius 1 is 1.19 bits per heavy atom. The van der Waals surface area contributed by atoms with E-state index in [-0.39, 0.29) is 32.4 Å². The standard InChI is InChI=1S/C12H9ClF2N2O2S2/c13-11-6-5-8(7-16-11)21(18,19)17-9-3-1-2-4-10(9)20-12(14)15/h1-7,12,17H. The van der Waals surface area contributed by atoms with E-state index in [0.717, 1.165) is 6.20 Å². The number of sulfonamides is 1. The van der Waals surface area contributed by atoms with E-state index >= 15 is 0 Å². The van der Waals surface area contributed by atoms with Crippen molar-refractivity contribution >= 4 is 39.1 Å². The summed E-state index contributed by atoms with van der Waals surface area (Å²) in [5.41, 5.74) is 0.0813. The Kier molecular flexibility index (Phi) is 5.02. The second-order valence-electron chi connectivity index (χ2n) is 3.80. The molecule has 0 saturated heterocycles. The monoisotopic (exact) mass is 350 g/mol. The number of pyridine rings is 1. The second kappa shape index (κ2) is 6.59. The summed E-state index contributed by atoms with van der Waals surface area (Å²) in [7, 11) is -3.92. The summed E-state index contributed by atoms with van der Waals surface area (Å²) >= 11 is 5.86. The number of halogens is 3. The fourth-order valence-corrected chi connectivity index (χ4v) is 3.27. The molecule has 0 aliphatic rings. The molecule has 0 saturated carbocycles. The minimum atomic E-state index is -3.92. The maximum absolute atomic E-state index is 12.5. The van der Waals surface area contributed by atoms with Crippen LogP contribution in [0.2, 0.25) is 5.15 Å². The van der Waals surface area contributed by atoms with Gasteiger partial charge < -0.3 is 0 Å². The minimum absolute atomic E-state index is 0.0813. The minimum Gasteiger partial charge on any atom is -0.278 e. The zero-order valence-corrected chi connectivity index (χ0v) is 12.7. The highest BCUT2D eigenvalue weighted by atomic mass is 35.5. The average molecular weight is 351 g/mol. The third-order valence-electron chi connectivity index (χ3n) is 2.36. The molecule has 0 fully saturated rings. The van der Waals surface area contributed by atoms with Gasteiger partial charge in [0.1, 0.15) is 10.0 Å². The third-order valence-corrected chi connectivity index (χ3v) is 4.72. The lowest BCUT2D eigenvalue weighted by atomic mass is 10.3. The van der Waals surface area contributed by atoms with Crippen molar-refractivity contribution in [2.45, 2.75) is 15.5 Å². The number of nitrogens with zero attached hydrogens (tertiary/aromatic N) is 1. The van der Waals surface area contributed by atoms with Gasteiger partial charge in [0, 0.05) is 11.1 Å². The Bertz CT molecular complexity index is 724. The molecule has 0 unspecified atom stereocenters. The van der Waals surface area contributed by atoms with Gasteiger partial charge in [0.05, 0.1) is 5.69 Å². The zero-order chi connectivity index (χ0) is 15.5. The molecular formula is C12H9ClF2N2O2S2. The molecule has 21 heavy (non-hydrogen) atoms. The molecule has 1 heterocycles. The number of hydrogen-bond acceptors (Lipinski definition) is 4. The van der Waals surface area contributed by atoms with Crippen molar-refractivity contribution in [3.63, 3.8) is 0 Å². The second-order valence-corrected chi connectivity index (χ2v) is 6.90. The number of nitrogens with one attached hydrogen (secondary N) is 1. The van der Waals surface area contributed by atoms with Gasteiger partial charge in [0.2, 0.25) is 0 Å². The first-order valence-electron chi connectivity index (χ1n) is 5.57.